The van der Waals surface area contributed by atoms with Crippen LogP contribution in [0.15, 0.2) is 15.5 Å². The lowest BCUT2D eigenvalue weighted by Gasteiger charge is -2.41. The quantitative estimate of drug-likeness (QED) is 0.820. The molecule has 0 aromatic carbocycles. The summed E-state index contributed by atoms with van der Waals surface area (Å²) in [6.07, 6.45) is 8.90. The number of anilines is 1. The van der Waals surface area contributed by atoms with Crippen molar-refractivity contribution in [3.8, 4) is 0 Å². The summed E-state index contributed by atoms with van der Waals surface area (Å²) < 4.78 is 2.15. The molecule has 1 aromatic rings. The molecule has 20 heavy (non-hydrogen) atoms. The molecule has 1 saturated carbocycles. The van der Waals surface area contributed by atoms with Crippen molar-refractivity contribution in [2.24, 2.45) is 5.41 Å². The largest absolute Gasteiger partial charge is 0.382 e. The predicted molar refractivity (Wildman–Crippen MR) is 86.2 cm³/mol. The zero-order chi connectivity index (χ0) is 14.6. The van der Waals surface area contributed by atoms with Gasteiger partial charge in [0.05, 0.1) is 11.9 Å². The van der Waals surface area contributed by atoms with Gasteiger partial charge in [0.25, 0.3) is 5.56 Å². The van der Waals surface area contributed by atoms with Crippen LogP contribution in [0, 0.1) is 5.41 Å². The second kappa shape index (κ2) is 6.74. The topological polar surface area (TPSA) is 46.9 Å². The minimum atomic E-state index is -0.0393. The fourth-order valence-electron chi connectivity index (χ4n) is 2.67. The second-order valence-electron chi connectivity index (χ2n) is 5.81. The van der Waals surface area contributed by atoms with E-state index in [0.29, 0.717) is 16.4 Å². The van der Waals surface area contributed by atoms with E-state index in [1.54, 1.807) is 6.20 Å². The van der Waals surface area contributed by atoms with E-state index in [-0.39, 0.29) is 5.56 Å². The summed E-state index contributed by atoms with van der Waals surface area (Å²) in [5.74, 6) is 0. The van der Waals surface area contributed by atoms with Gasteiger partial charge in [-0.1, -0.05) is 26.7 Å². The maximum atomic E-state index is 12.2. The van der Waals surface area contributed by atoms with Gasteiger partial charge in [-0.3, -0.25) is 4.79 Å². The van der Waals surface area contributed by atoms with Crippen LogP contribution in [0.2, 0.25) is 0 Å². The van der Waals surface area contributed by atoms with Gasteiger partial charge >= 0.3 is 0 Å². The standard InChI is InChI=1S/C15H24BrN3O/c1-3-5-9-19-14(20)13(16)12(10-18-19)17-11-15(4-2)7-6-8-15/h10,17H,3-9,11H2,1-2H3. The summed E-state index contributed by atoms with van der Waals surface area (Å²) in [6.45, 7) is 5.98. The van der Waals surface area contributed by atoms with E-state index < -0.39 is 0 Å². The van der Waals surface area contributed by atoms with Gasteiger partial charge in [0, 0.05) is 13.1 Å². The van der Waals surface area contributed by atoms with Crippen LogP contribution in [-0.4, -0.2) is 16.3 Å². The highest BCUT2D eigenvalue weighted by atomic mass is 79.9. The Balaban J connectivity index is 2.05. The average Bonchev–Trinajstić information content (AvgIpc) is 2.41. The Hall–Kier alpha value is -0.840. The van der Waals surface area contributed by atoms with Crippen molar-refractivity contribution in [3.05, 3.63) is 21.0 Å². The van der Waals surface area contributed by atoms with Crippen LogP contribution >= 0.6 is 15.9 Å². The third-order valence-corrected chi connectivity index (χ3v) is 5.29. The molecule has 0 unspecified atom stereocenters. The number of hydrogen-bond donors (Lipinski definition) is 1. The first-order valence-electron chi connectivity index (χ1n) is 7.61. The van der Waals surface area contributed by atoms with Gasteiger partial charge < -0.3 is 5.32 Å². The fourth-order valence-corrected chi connectivity index (χ4v) is 3.12. The highest BCUT2D eigenvalue weighted by molar-refractivity contribution is 9.10. The molecule has 1 fully saturated rings. The molecule has 0 radical (unpaired) electrons. The van der Waals surface area contributed by atoms with Crippen molar-refractivity contribution in [1.82, 2.24) is 9.78 Å². The number of nitrogens with one attached hydrogen (secondary N) is 1. The molecular weight excluding hydrogens is 318 g/mol. The lowest BCUT2D eigenvalue weighted by atomic mass is 9.67. The van der Waals surface area contributed by atoms with Crippen LogP contribution in [0.3, 0.4) is 0 Å². The van der Waals surface area contributed by atoms with Crippen molar-refractivity contribution in [3.63, 3.8) is 0 Å². The molecule has 1 heterocycles. The van der Waals surface area contributed by atoms with E-state index in [1.807, 2.05) is 0 Å². The van der Waals surface area contributed by atoms with Crippen LogP contribution in [-0.2, 0) is 6.54 Å². The number of aromatic nitrogens is 2. The highest BCUT2D eigenvalue weighted by Gasteiger charge is 2.34. The number of halogens is 1. The zero-order valence-corrected chi connectivity index (χ0v) is 14.0. The average molecular weight is 342 g/mol. The molecule has 1 aliphatic rings. The first kappa shape index (κ1) is 15.5. The molecule has 0 amide bonds. The van der Waals surface area contributed by atoms with E-state index >= 15 is 0 Å². The molecule has 0 aliphatic heterocycles. The number of nitrogens with zero attached hydrogens (tertiary/aromatic N) is 2. The molecule has 2 rings (SSSR count). The molecule has 0 bridgehead atoms. The lowest BCUT2D eigenvalue weighted by Crippen LogP contribution is -2.36. The van der Waals surface area contributed by atoms with Crippen LogP contribution in [0.1, 0.15) is 52.4 Å². The number of hydrogen-bond acceptors (Lipinski definition) is 3. The monoisotopic (exact) mass is 341 g/mol. The Labute approximate surface area is 129 Å². The van der Waals surface area contributed by atoms with Gasteiger partial charge in [0.15, 0.2) is 0 Å². The highest BCUT2D eigenvalue weighted by Crippen LogP contribution is 2.43. The lowest BCUT2D eigenvalue weighted by molar-refractivity contribution is 0.145. The molecule has 0 spiro atoms. The molecule has 4 nitrogen and oxygen atoms in total. The van der Waals surface area contributed by atoms with Crippen LogP contribution in [0.5, 0.6) is 0 Å². The summed E-state index contributed by atoms with van der Waals surface area (Å²) in [7, 11) is 0. The summed E-state index contributed by atoms with van der Waals surface area (Å²) >= 11 is 3.42. The molecule has 1 aromatic heterocycles. The first-order valence-corrected chi connectivity index (χ1v) is 8.40. The van der Waals surface area contributed by atoms with Crippen molar-refractivity contribution in [2.45, 2.75) is 58.9 Å². The van der Waals surface area contributed by atoms with Gasteiger partial charge in [-0.15, -0.1) is 0 Å². The van der Waals surface area contributed by atoms with Crippen LogP contribution < -0.4 is 10.9 Å². The molecular formula is C15H24BrN3O. The van der Waals surface area contributed by atoms with Gasteiger partial charge in [-0.05, 0) is 47.0 Å². The first-order chi connectivity index (χ1) is 9.62. The Morgan fingerprint density at radius 1 is 1.45 bits per heavy atom. The number of rotatable bonds is 7. The van der Waals surface area contributed by atoms with Gasteiger partial charge in [0.2, 0.25) is 0 Å². The molecule has 0 saturated heterocycles. The van der Waals surface area contributed by atoms with Crippen LogP contribution in [0.25, 0.3) is 0 Å². The Morgan fingerprint density at radius 2 is 2.20 bits per heavy atom. The predicted octanol–water partition coefficient (Wildman–Crippen LogP) is 3.80. The van der Waals surface area contributed by atoms with Crippen molar-refractivity contribution < 1.29 is 0 Å². The molecule has 112 valence electrons. The molecule has 0 atom stereocenters. The van der Waals surface area contributed by atoms with Gasteiger partial charge in [0.1, 0.15) is 4.47 Å². The summed E-state index contributed by atoms with van der Waals surface area (Å²) in [4.78, 5) is 12.2. The molecule has 1 aliphatic carbocycles. The van der Waals surface area contributed by atoms with E-state index in [2.05, 4.69) is 40.2 Å². The minimum Gasteiger partial charge on any atom is -0.382 e. The van der Waals surface area contributed by atoms with E-state index in [4.69, 9.17) is 0 Å². The van der Waals surface area contributed by atoms with E-state index in [0.717, 1.165) is 25.1 Å². The van der Waals surface area contributed by atoms with Crippen molar-refractivity contribution in [2.75, 3.05) is 11.9 Å². The summed E-state index contributed by atoms with van der Waals surface area (Å²) in [5.41, 5.74) is 1.21. The third-order valence-electron chi connectivity index (χ3n) is 4.53. The van der Waals surface area contributed by atoms with Crippen molar-refractivity contribution >= 4 is 21.6 Å². The molecule has 1 N–H and O–H groups in total. The van der Waals surface area contributed by atoms with Gasteiger partial charge in [-0.25, -0.2) is 4.68 Å². The fraction of sp³-hybridized carbons (Fsp3) is 0.733. The Morgan fingerprint density at radius 3 is 2.75 bits per heavy atom. The minimum absolute atomic E-state index is 0.0393. The second-order valence-corrected chi connectivity index (χ2v) is 6.61. The Kier molecular flexibility index (Phi) is 5.24. The normalized spacial score (nSPS) is 16.8. The molecule has 5 heteroatoms. The maximum Gasteiger partial charge on any atom is 0.283 e. The summed E-state index contributed by atoms with van der Waals surface area (Å²) in [6, 6.07) is 0. The zero-order valence-electron chi connectivity index (χ0n) is 12.4. The number of unbranched alkanes of at least 4 members (excludes halogenated alkanes) is 1. The van der Waals surface area contributed by atoms with E-state index in [1.165, 1.54) is 30.4 Å². The van der Waals surface area contributed by atoms with E-state index in [9.17, 15) is 4.79 Å². The third kappa shape index (κ3) is 3.25. The Bertz CT molecular complexity index is 503. The smallest absolute Gasteiger partial charge is 0.283 e. The number of aryl methyl sites for hydroxylation is 1. The summed E-state index contributed by atoms with van der Waals surface area (Å²) in [5, 5.41) is 7.67. The SMILES string of the molecule is CCCCn1ncc(NCC2(CC)CCC2)c(Br)c1=O. The van der Waals surface area contributed by atoms with Crippen molar-refractivity contribution in [1.29, 1.82) is 0 Å². The maximum absolute atomic E-state index is 12.2. The van der Waals surface area contributed by atoms with Gasteiger partial charge in [-0.2, -0.15) is 5.10 Å². The van der Waals surface area contributed by atoms with Crippen LogP contribution in [0.4, 0.5) is 5.69 Å².